The van der Waals surface area contributed by atoms with Gasteiger partial charge in [-0.1, -0.05) is 35.9 Å². The third-order valence-electron chi connectivity index (χ3n) is 4.61. The number of thiazole rings is 1. The van der Waals surface area contributed by atoms with E-state index in [1.54, 1.807) is 6.07 Å². The molecule has 1 aliphatic carbocycles. The van der Waals surface area contributed by atoms with Crippen molar-refractivity contribution in [1.82, 2.24) is 4.98 Å². The Morgan fingerprint density at radius 1 is 1.15 bits per heavy atom. The number of halogens is 1. The van der Waals surface area contributed by atoms with Gasteiger partial charge in [0.1, 0.15) is 23.2 Å². The third kappa shape index (κ3) is 3.13. The van der Waals surface area contributed by atoms with Crippen LogP contribution in [0.25, 0.3) is 10.2 Å². The Kier molecular flexibility index (Phi) is 4.51. The van der Waals surface area contributed by atoms with E-state index in [2.05, 4.69) is 4.98 Å². The SMILES string of the molecule is CCc1ccc(Oc2nc3ccc(Cl)cc3s2)cc1C1C(=O)CCC1=O. The summed E-state index contributed by atoms with van der Waals surface area (Å²) in [6.07, 6.45) is 1.42. The minimum Gasteiger partial charge on any atom is -0.431 e. The van der Waals surface area contributed by atoms with E-state index in [9.17, 15) is 9.59 Å². The van der Waals surface area contributed by atoms with E-state index in [1.807, 2.05) is 37.3 Å². The normalized spacial score (nSPS) is 15.2. The Hall–Kier alpha value is -2.24. The maximum Gasteiger partial charge on any atom is 0.279 e. The summed E-state index contributed by atoms with van der Waals surface area (Å²) in [5.41, 5.74) is 2.59. The summed E-state index contributed by atoms with van der Waals surface area (Å²) in [7, 11) is 0. The zero-order valence-corrected chi connectivity index (χ0v) is 15.7. The lowest BCUT2D eigenvalue weighted by atomic mass is 9.90. The first kappa shape index (κ1) is 17.2. The van der Waals surface area contributed by atoms with Crippen molar-refractivity contribution >= 4 is 44.7 Å². The molecule has 0 saturated heterocycles. The Balaban J connectivity index is 1.69. The Bertz CT molecular complexity index is 1010. The van der Waals surface area contributed by atoms with Gasteiger partial charge in [-0.15, -0.1) is 0 Å². The van der Waals surface area contributed by atoms with Crippen LogP contribution in [0.2, 0.25) is 5.02 Å². The maximum atomic E-state index is 12.2. The second-order valence-corrected chi connectivity index (χ2v) is 7.70. The molecule has 1 aromatic heterocycles. The monoisotopic (exact) mass is 385 g/mol. The molecule has 0 amide bonds. The van der Waals surface area contributed by atoms with Gasteiger partial charge in [0.25, 0.3) is 5.19 Å². The largest absolute Gasteiger partial charge is 0.431 e. The first-order chi connectivity index (χ1) is 12.5. The van der Waals surface area contributed by atoms with Gasteiger partial charge >= 0.3 is 0 Å². The minimum absolute atomic E-state index is 0.00326. The first-order valence-electron chi connectivity index (χ1n) is 8.47. The molecule has 0 N–H and O–H groups in total. The molecule has 0 unspecified atom stereocenters. The molecule has 0 spiro atoms. The van der Waals surface area contributed by atoms with Gasteiger partial charge in [-0.3, -0.25) is 9.59 Å². The Morgan fingerprint density at radius 3 is 2.65 bits per heavy atom. The summed E-state index contributed by atoms with van der Waals surface area (Å²) in [6.45, 7) is 2.01. The van der Waals surface area contributed by atoms with Gasteiger partial charge in [-0.25, -0.2) is 4.98 Å². The van der Waals surface area contributed by atoms with Crippen molar-refractivity contribution < 1.29 is 14.3 Å². The van der Waals surface area contributed by atoms with Crippen LogP contribution in [0, 0.1) is 0 Å². The van der Waals surface area contributed by atoms with E-state index in [0.29, 0.717) is 28.8 Å². The molecule has 4 nitrogen and oxygen atoms in total. The molecular formula is C20H16ClNO3S. The number of ether oxygens (including phenoxy) is 1. The van der Waals surface area contributed by atoms with Gasteiger partial charge in [0, 0.05) is 17.9 Å². The lowest BCUT2D eigenvalue weighted by Gasteiger charge is -2.14. The van der Waals surface area contributed by atoms with Crippen molar-refractivity contribution in [1.29, 1.82) is 0 Å². The molecule has 4 rings (SSSR count). The van der Waals surface area contributed by atoms with Crippen LogP contribution in [0.3, 0.4) is 0 Å². The van der Waals surface area contributed by atoms with Crippen LogP contribution in [0.5, 0.6) is 10.9 Å². The molecule has 1 aliphatic rings. The molecular weight excluding hydrogens is 370 g/mol. The number of ketones is 2. The van der Waals surface area contributed by atoms with E-state index in [-0.39, 0.29) is 11.6 Å². The van der Waals surface area contributed by atoms with Gasteiger partial charge in [0.2, 0.25) is 0 Å². The van der Waals surface area contributed by atoms with Crippen LogP contribution in [0.1, 0.15) is 36.8 Å². The molecule has 0 bridgehead atoms. The summed E-state index contributed by atoms with van der Waals surface area (Å²) >= 11 is 7.42. The second kappa shape index (κ2) is 6.82. The van der Waals surface area contributed by atoms with Gasteiger partial charge in [-0.05, 0) is 47.9 Å². The van der Waals surface area contributed by atoms with Crippen molar-refractivity contribution in [2.24, 2.45) is 0 Å². The second-order valence-electron chi connectivity index (χ2n) is 6.27. The summed E-state index contributed by atoms with van der Waals surface area (Å²) in [4.78, 5) is 28.8. The molecule has 1 saturated carbocycles. The van der Waals surface area contributed by atoms with E-state index in [0.717, 1.165) is 27.8 Å². The summed E-state index contributed by atoms with van der Waals surface area (Å²) in [6, 6.07) is 11.1. The van der Waals surface area contributed by atoms with E-state index in [1.165, 1.54) is 11.3 Å². The maximum absolute atomic E-state index is 12.2. The first-order valence-corrected chi connectivity index (χ1v) is 9.67. The van der Waals surface area contributed by atoms with E-state index >= 15 is 0 Å². The van der Waals surface area contributed by atoms with Crippen molar-refractivity contribution in [3.05, 3.63) is 52.5 Å². The lowest BCUT2D eigenvalue weighted by Crippen LogP contribution is -2.14. The molecule has 3 aromatic rings. The van der Waals surface area contributed by atoms with Crippen molar-refractivity contribution in [2.75, 3.05) is 0 Å². The standard InChI is InChI=1S/C20H16ClNO3S/c1-2-11-3-5-13(10-14(11)19-16(23)7-8-17(19)24)25-20-22-15-6-4-12(21)9-18(15)26-20/h3-6,9-10,19H,2,7-8H2,1H3. The summed E-state index contributed by atoms with van der Waals surface area (Å²) in [5, 5.41) is 1.15. The van der Waals surface area contributed by atoms with Crippen LogP contribution in [0.4, 0.5) is 0 Å². The molecule has 26 heavy (non-hydrogen) atoms. The van der Waals surface area contributed by atoms with Gasteiger partial charge < -0.3 is 4.74 Å². The fraction of sp³-hybridized carbons (Fsp3) is 0.250. The Morgan fingerprint density at radius 2 is 1.92 bits per heavy atom. The van der Waals surface area contributed by atoms with Crippen LogP contribution < -0.4 is 4.74 Å². The molecule has 0 atom stereocenters. The number of nitrogens with zero attached hydrogens (tertiary/aromatic N) is 1. The number of benzene rings is 2. The quantitative estimate of drug-likeness (QED) is 0.570. The van der Waals surface area contributed by atoms with Crippen molar-refractivity contribution in [3.63, 3.8) is 0 Å². The summed E-state index contributed by atoms with van der Waals surface area (Å²) in [5.74, 6) is -0.0783. The number of fused-ring (bicyclic) bond motifs is 1. The lowest BCUT2D eigenvalue weighted by molar-refractivity contribution is -0.123. The average Bonchev–Trinajstić information content (AvgIpc) is 3.16. The number of aryl methyl sites for hydroxylation is 1. The highest BCUT2D eigenvalue weighted by Gasteiger charge is 2.35. The predicted octanol–water partition coefficient (Wildman–Crippen LogP) is 5.32. The van der Waals surface area contributed by atoms with Crippen LogP contribution in [0.15, 0.2) is 36.4 Å². The molecule has 1 heterocycles. The molecule has 1 fully saturated rings. The molecule has 0 radical (unpaired) electrons. The van der Waals surface area contributed by atoms with Crippen LogP contribution >= 0.6 is 22.9 Å². The number of Topliss-reactive ketones (excluding diaryl/α,β-unsaturated/α-hetero) is 2. The fourth-order valence-electron chi connectivity index (χ4n) is 3.31. The van der Waals surface area contributed by atoms with Gasteiger partial charge in [0.05, 0.1) is 10.2 Å². The highest BCUT2D eigenvalue weighted by atomic mass is 35.5. The van der Waals surface area contributed by atoms with Gasteiger partial charge in [0.15, 0.2) is 0 Å². The topological polar surface area (TPSA) is 56.3 Å². The van der Waals surface area contributed by atoms with Crippen LogP contribution in [-0.2, 0) is 16.0 Å². The number of hydrogen-bond acceptors (Lipinski definition) is 5. The number of aromatic nitrogens is 1. The molecule has 6 heteroatoms. The van der Waals surface area contributed by atoms with E-state index < -0.39 is 5.92 Å². The molecule has 132 valence electrons. The Labute approximate surface area is 159 Å². The third-order valence-corrected chi connectivity index (χ3v) is 5.74. The number of hydrogen-bond donors (Lipinski definition) is 0. The average molecular weight is 386 g/mol. The van der Waals surface area contributed by atoms with Crippen LogP contribution in [-0.4, -0.2) is 16.6 Å². The fourth-order valence-corrected chi connectivity index (χ4v) is 4.42. The number of rotatable bonds is 4. The number of carbonyl (C=O) groups excluding carboxylic acids is 2. The molecule has 2 aromatic carbocycles. The molecule has 0 aliphatic heterocycles. The number of carbonyl (C=O) groups is 2. The zero-order chi connectivity index (χ0) is 18.3. The zero-order valence-electron chi connectivity index (χ0n) is 14.1. The van der Waals surface area contributed by atoms with E-state index in [4.69, 9.17) is 16.3 Å². The summed E-state index contributed by atoms with van der Waals surface area (Å²) < 4.78 is 6.86. The van der Waals surface area contributed by atoms with Gasteiger partial charge in [-0.2, -0.15) is 0 Å². The predicted molar refractivity (Wildman–Crippen MR) is 103 cm³/mol. The highest BCUT2D eigenvalue weighted by Crippen LogP contribution is 2.36. The highest BCUT2D eigenvalue weighted by molar-refractivity contribution is 7.20. The van der Waals surface area contributed by atoms with Crippen molar-refractivity contribution in [3.8, 4) is 10.9 Å². The minimum atomic E-state index is -0.650. The van der Waals surface area contributed by atoms with Crippen molar-refractivity contribution in [2.45, 2.75) is 32.1 Å². The smallest absolute Gasteiger partial charge is 0.279 e.